The van der Waals surface area contributed by atoms with E-state index in [1.54, 1.807) is 24.3 Å². The van der Waals surface area contributed by atoms with E-state index in [2.05, 4.69) is 10.6 Å². The molecule has 0 aliphatic rings. The van der Waals surface area contributed by atoms with Crippen LogP contribution in [0.15, 0.2) is 59.2 Å². The molecule has 1 aromatic carbocycles. The van der Waals surface area contributed by atoms with E-state index < -0.39 is 6.10 Å². The molecule has 0 aliphatic heterocycles. The maximum absolute atomic E-state index is 12.1. The van der Waals surface area contributed by atoms with E-state index in [9.17, 15) is 9.90 Å². The molecule has 3 rings (SSSR count). The number of carbonyl (C=O) groups is 1. The Hall–Kier alpha value is -2.77. The molecule has 26 heavy (non-hydrogen) atoms. The summed E-state index contributed by atoms with van der Waals surface area (Å²) in [6.07, 6.45) is 0.731. The molecule has 0 saturated carbocycles. The van der Waals surface area contributed by atoms with Crippen LogP contribution in [0.1, 0.15) is 28.5 Å². The highest BCUT2D eigenvalue weighted by Gasteiger charge is 2.16. The zero-order chi connectivity index (χ0) is 18.4. The van der Waals surface area contributed by atoms with Crippen molar-refractivity contribution < 1.29 is 19.1 Å². The van der Waals surface area contributed by atoms with Crippen LogP contribution in [0, 0.1) is 0 Å². The highest BCUT2D eigenvalue weighted by Crippen LogP contribution is 2.29. The minimum absolute atomic E-state index is 0.321. The summed E-state index contributed by atoms with van der Waals surface area (Å²) in [5, 5.41) is 15.8. The number of hydrogen-bond donors (Lipinski definition) is 3. The van der Waals surface area contributed by atoms with Gasteiger partial charge in [-0.25, -0.2) is 4.79 Å². The molecular weight excluding hydrogens is 352 g/mol. The van der Waals surface area contributed by atoms with Gasteiger partial charge in [0.2, 0.25) is 0 Å². The first-order chi connectivity index (χ1) is 12.7. The van der Waals surface area contributed by atoms with Gasteiger partial charge in [-0.2, -0.15) is 0 Å². The third-order valence-electron chi connectivity index (χ3n) is 3.62. The summed E-state index contributed by atoms with van der Waals surface area (Å²) >= 11 is 1.42. The first kappa shape index (κ1) is 18.0. The van der Waals surface area contributed by atoms with Gasteiger partial charge < -0.3 is 24.9 Å². The van der Waals surface area contributed by atoms with Crippen molar-refractivity contribution in [1.82, 2.24) is 5.32 Å². The lowest BCUT2D eigenvalue weighted by Gasteiger charge is -2.11. The second kappa shape index (κ2) is 8.55. The van der Waals surface area contributed by atoms with Gasteiger partial charge in [0.25, 0.3) is 0 Å². The monoisotopic (exact) mass is 372 g/mol. The predicted molar refractivity (Wildman–Crippen MR) is 101 cm³/mol. The molecule has 6 nitrogen and oxygen atoms in total. The van der Waals surface area contributed by atoms with Gasteiger partial charge in [0.1, 0.15) is 17.6 Å². The number of thiophene rings is 1. The van der Waals surface area contributed by atoms with Gasteiger partial charge in [0, 0.05) is 9.75 Å². The molecule has 0 radical (unpaired) electrons. The number of anilines is 1. The third kappa shape index (κ3) is 4.44. The normalized spacial score (nSPS) is 11.8. The van der Waals surface area contributed by atoms with Crippen LogP contribution in [0.25, 0.3) is 0 Å². The van der Waals surface area contributed by atoms with Gasteiger partial charge in [-0.15, -0.1) is 11.3 Å². The quantitative estimate of drug-likeness (QED) is 0.582. The number of benzene rings is 1. The zero-order valence-corrected chi connectivity index (χ0v) is 15.1. The van der Waals surface area contributed by atoms with Crippen LogP contribution in [0.5, 0.6) is 5.75 Å². The number of amides is 2. The van der Waals surface area contributed by atoms with Crippen molar-refractivity contribution in [3.05, 3.63) is 70.3 Å². The number of hydrogen-bond acceptors (Lipinski definition) is 5. The van der Waals surface area contributed by atoms with Crippen LogP contribution in [0.3, 0.4) is 0 Å². The van der Waals surface area contributed by atoms with Gasteiger partial charge in [0.15, 0.2) is 0 Å². The maximum Gasteiger partial charge on any atom is 0.319 e. The third-order valence-corrected chi connectivity index (χ3v) is 4.76. The molecule has 2 aromatic heterocycles. The Morgan fingerprint density at radius 3 is 2.85 bits per heavy atom. The van der Waals surface area contributed by atoms with E-state index >= 15 is 0 Å². The molecule has 3 N–H and O–H groups in total. The molecule has 7 heteroatoms. The van der Waals surface area contributed by atoms with Crippen molar-refractivity contribution in [3.8, 4) is 5.75 Å². The van der Waals surface area contributed by atoms with Gasteiger partial charge in [0.05, 0.1) is 25.1 Å². The number of carbonyl (C=O) groups excluding carboxylic acids is 1. The van der Waals surface area contributed by atoms with Crippen molar-refractivity contribution in [2.24, 2.45) is 0 Å². The predicted octanol–water partition coefficient (Wildman–Crippen LogP) is 4.14. The van der Waals surface area contributed by atoms with Crippen molar-refractivity contribution in [2.75, 3.05) is 11.9 Å². The van der Waals surface area contributed by atoms with Crippen molar-refractivity contribution in [3.63, 3.8) is 0 Å². The van der Waals surface area contributed by atoms with Crippen LogP contribution < -0.4 is 15.4 Å². The van der Waals surface area contributed by atoms with E-state index in [4.69, 9.17) is 9.15 Å². The van der Waals surface area contributed by atoms with Crippen LogP contribution >= 0.6 is 11.3 Å². The van der Waals surface area contributed by atoms with Crippen LogP contribution in [-0.2, 0) is 6.54 Å². The Bertz CT molecular complexity index is 845. The fourth-order valence-corrected chi connectivity index (χ4v) is 3.36. The molecule has 2 amide bonds. The molecule has 136 valence electrons. The number of aliphatic hydroxyl groups excluding tert-OH is 1. The summed E-state index contributed by atoms with van der Waals surface area (Å²) in [6.45, 7) is 2.77. The summed E-state index contributed by atoms with van der Waals surface area (Å²) in [7, 11) is 0. The Morgan fingerprint density at radius 1 is 1.23 bits per heavy atom. The molecule has 3 aromatic rings. The number of furan rings is 1. The summed E-state index contributed by atoms with van der Waals surface area (Å²) in [5.74, 6) is 1.13. The van der Waals surface area contributed by atoms with Crippen LogP contribution in [0.2, 0.25) is 0 Å². The highest BCUT2D eigenvalue weighted by molar-refractivity contribution is 7.12. The largest absolute Gasteiger partial charge is 0.492 e. The second-order valence-corrected chi connectivity index (χ2v) is 6.66. The molecule has 1 unspecified atom stereocenters. The Labute approximate surface area is 155 Å². The smallest absolute Gasteiger partial charge is 0.319 e. The van der Waals surface area contributed by atoms with E-state index in [1.807, 2.05) is 31.2 Å². The van der Waals surface area contributed by atoms with E-state index in [0.29, 0.717) is 30.3 Å². The zero-order valence-electron chi connectivity index (χ0n) is 14.3. The molecule has 1 atom stereocenters. The first-order valence-electron chi connectivity index (χ1n) is 8.24. The minimum Gasteiger partial charge on any atom is -0.492 e. The average molecular weight is 372 g/mol. The first-order valence-corrected chi connectivity index (χ1v) is 9.05. The van der Waals surface area contributed by atoms with Crippen LogP contribution in [0.4, 0.5) is 10.5 Å². The minimum atomic E-state index is -0.796. The fourth-order valence-electron chi connectivity index (χ4n) is 2.41. The molecule has 0 aliphatic carbocycles. The molecule has 0 spiro atoms. The van der Waals surface area contributed by atoms with Crippen molar-refractivity contribution in [2.45, 2.75) is 19.6 Å². The van der Waals surface area contributed by atoms with Crippen molar-refractivity contribution >= 4 is 23.1 Å². The van der Waals surface area contributed by atoms with Gasteiger partial charge in [-0.1, -0.05) is 12.1 Å². The molecule has 0 saturated heterocycles. The van der Waals surface area contributed by atoms with E-state index in [1.165, 1.54) is 17.6 Å². The Morgan fingerprint density at radius 2 is 2.08 bits per heavy atom. The average Bonchev–Trinajstić information content (AvgIpc) is 3.33. The molecule has 0 bridgehead atoms. The number of aliphatic hydroxyl groups is 1. The Balaban J connectivity index is 1.55. The summed E-state index contributed by atoms with van der Waals surface area (Å²) in [5.41, 5.74) is 0.618. The fraction of sp³-hybridized carbons (Fsp3) is 0.211. The van der Waals surface area contributed by atoms with E-state index in [-0.39, 0.29) is 6.03 Å². The van der Waals surface area contributed by atoms with Crippen LogP contribution in [-0.4, -0.2) is 17.7 Å². The van der Waals surface area contributed by atoms with Gasteiger partial charge in [-0.05, 0) is 43.3 Å². The summed E-state index contributed by atoms with van der Waals surface area (Å²) < 4.78 is 10.7. The standard InChI is InChI=1S/C19H20N2O4S/c1-2-24-15-7-4-3-6-14(15)21-19(23)20-12-13-9-10-17(26-13)18(22)16-8-5-11-25-16/h3-11,18,22H,2,12H2,1H3,(H2,20,21,23). The lowest BCUT2D eigenvalue weighted by Crippen LogP contribution is -2.28. The maximum atomic E-state index is 12.1. The highest BCUT2D eigenvalue weighted by atomic mass is 32.1. The van der Waals surface area contributed by atoms with Gasteiger partial charge >= 0.3 is 6.03 Å². The Kier molecular flexibility index (Phi) is 5.93. The number of urea groups is 1. The molecular formula is C19H20N2O4S. The number of ether oxygens (including phenoxy) is 1. The second-order valence-electron chi connectivity index (χ2n) is 5.46. The number of nitrogens with one attached hydrogen (secondary N) is 2. The number of para-hydroxylation sites is 2. The molecule has 0 fully saturated rings. The lowest BCUT2D eigenvalue weighted by atomic mass is 10.2. The summed E-state index contributed by atoms with van der Waals surface area (Å²) in [6, 6.07) is 14.1. The van der Waals surface area contributed by atoms with Crippen molar-refractivity contribution in [1.29, 1.82) is 0 Å². The summed E-state index contributed by atoms with van der Waals surface area (Å²) in [4.78, 5) is 13.8. The number of rotatable bonds is 7. The molecule has 2 heterocycles. The SMILES string of the molecule is CCOc1ccccc1NC(=O)NCc1ccc(C(O)c2ccco2)s1. The van der Waals surface area contributed by atoms with Gasteiger partial charge in [-0.3, -0.25) is 0 Å². The topological polar surface area (TPSA) is 83.7 Å². The van der Waals surface area contributed by atoms with E-state index in [0.717, 1.165) is 9.75 Å². The lowest BCUT2D eigenvalue weighted by molar-refractivity contribution is 0.193.